The van der Waals surface area contributed by atoms with E-state index in [9.17, 15) is 13.2 Å². The van der Waals surface area contributed by atoms with E-state index in [0.717, 1.165) is 16.9 Å². The molecule has 1 aliphatic heterocycles. The molecule has 140 valence electrons. The lowest BCUT2D eigenvalue weighted by Crippen LogP contribution is -2.51. The van der Waals surface area contributed by atoms with Crippen LogP contribution in [-0.2, 0) is 10.0 Å². The number of ether oxygens (including phenoxy) is 1. The average molecular weight is 368 g/mol. The number of sulfonamides is 1. The van der Waals surface area contributed by atoms with Crippen LogP contribution in [0, 0.1) is 13.8 Å². The topological polar surface area (TPSA) is 66.9 Å². The average Bonchev–Trinajstić information content (AvgIpc) is 2.57. The minimum absolute atomic E-state index is 0.0452. The van der Waals surface area contributed by atoms with Crippen LogP contribution in [0.3, 0.4) is 0 Å². The Balaban J connectivity index is 2.09. The molecule has 2 rings (SSSR count). The van der Waals surface area contributed by atoms with Gasteiger partial charge < -0.3 is 9.64 Å². The molecule has 0 saturated carbocycles. The summed E-state index contributed by atoms with van der Waals surface area (Å²) in [6.07, 6.45) is 0.603. The number of rotatable bonds is 6. The van der Waals surface area contributed by atoms with Crippen LogP contribution in [0.2, 0.25) is 0 Å². The highest BCUT2D eigenvalue weighted by atomic mass is 32.2. The molecule has 1 heterocycles. The summed E-state index contributed by atoms with van der Waals surface area (Å²) in [5, 5.41) is 0. The van der Waals surface area contributed by atoms with Gasteiger partial charge in [-0.15, -0.1) is 0 Å². The maximum atomic E-state index is 12.8. The SMILES string of the molecule is CCCS(=O)(=O)N1CCN(C(=O)c2cc(C)c(OCC)cc2C)CC1. The quantitative estimate of drug-likeness (QED) is 0.772. The second-order valence-electron chi connectivity index (χ2n) is 6.37. The van der Waals surface area contributed by atoms with Gasteiger partial charge in [0.15, 0.2) is 0 Å². The molecular formula is C18H28N2O4S. The number of hydrogen-bond acceptors (Lipinski definition) is 4. The number of carbonyl (C=O) groups is 1. The van der Waals surface area contributed by atoms with Gasteiger partial charge in [0.2, 0.25) is 10.0 Å². The summed E-state index contributed by atoms with van der Waals surface area (Å²) in [6, 6.07) is 3.76. The van der Waals surface area contributed by atoms with Crippen molar-refractivity contribution in [3.63, 3.8) is 0 Å². The van der Waals surface area contributed by atoms with Gasteiger partial charge in [-0.05, 0) is 50.5 Å². The summed E-state index contributed by atoms with van der Waals surface area (Å²) in [6.45, 7) is 9.77. The van der Waals surface area contributed by atoms with E-state index in [1.165, 1.54) is 4.31 Å². The number of amides is 1. The zero-order valence-corrected chi connectivity index (χ0v) is 16.4. The number of nitrogens with zero attached hydrogens (tertiary/aromatic N) is 2. The normalized spacial score (nSPS) is 16.1. The monoisotopic (exact) mass is 368 g/mol. The highest BCUT2D eigenvalue weighted by molar-refractivity contribution is 7.89. The second-order valence-corrected chi connectivity index (χ2v) is 8.46. The lowest BCUT2D eigenvalue weighted by Gasteiger charge is -2.34. The summed E-state index contributed by atoms with van der Waals surface area (Å²) < 4.78 is 31.3. The number of hydrogen-bond donors (Lipinski definition) is 0. The van der Waals surface area contributed by atoms with Crippen LogP contribution in [0.15, 0.2) is 12.1 Å². The molecule has 7 heteroatoms. The van der Waals surface area contributed by atoms with Gasteiger partial charge in [-0.2, -0.15) is 4.31 Å². The lowest BCUT2D eigenvalue weighted by atomic mass is 10.0. The maximum Gasteiger partial charge on any atom is 0.254 e. The molecule has 1 aromatic rings. The van der Waals surface area contributed by atoms with E-state index < -0.39 is 10.0 Å². The van der Waals surface area contributed by atoms with Crippen LogP contribution in [0.1, 0.15) is 41.8 Å². The molecule has 0 aliphatic carbocycles. The van der Waals surface area contributed by atoms with E-state index in [4.69, 9.17) is 4.74 Å². The third-order valence-electron chi connectivity index (χ3n) is 4.43. The van der Waals surface area contributed by atoms with Crippen LogP contribution in [0.5, 0.6) is 5.75 Å². The molecule has 1 amide bonds. The van der Waals surface area contributed by atoms with E-state index >= 15 is 0 Å². The standard InChI is InChI=1S/C18H28N2O4S/c1-5-11-25(22,23)20-9-7-19(8-10-20)18(21)16-12-15(4)17(24-6-2)13-14(16)3/h12-13H,5-11H2,1-4H3. The van der Waals surface area contributed by atoms with Crippen molar-refractivity contribution in [3.05, 3.63) is 28.8 Å². The summed E-state index contributed by atoms with van der Waals surface area (Å²) in [5.41, 5.74) is 2.46. The van der Waals surface area contributed by atoms with Gasteiger partial charge in [0.05, 0.1) is 12.4 Å². The van der Waals surface area contributed by atoms with Gasteiger partial charge >= 0.3 is 0 Å². The second kappa shape index (κ2) is 8.19. The van der Waals surface area contributed by atoms with Gasteiger partial charge in [0, 0.05) is 31.7 Å². The molecule has 0 bridgehead atoms. The van der Waals surface area contributed by atoms with E-state index in [2.05, 4.69) is 0 Å². The number of aryl methyl sites for hydroxylation is 2. The van der Waals surface area contributed by atoms with Crippen LogP contribution < -0.4 is 4.74 Å². The molecule has 6 nitrogen and oxygen atoms in total. The largest absolute Gasteiger partial charge is 0.494 e. The fourth-order valence-electron chi connectivity index (χ4n) is 3.06. The van der Waals surface area contributed by atoms with Crippen molar-refractivity contribution >= 4 is 15.9 Å². The maximum absolute atomic E-state index is 12.8. The van der Waals surface area contributed by atoms with Crippen molar-refractivity contribution in [2.75, 3.05) is 38.5 Å². The van der Waals surface area contributed by atoms with E-state index in [-0.39, 0.29) is 11.7 Å². The summed E-state index contributed by atoms with van der Waals surface area (Å²) in [5.74, 6) is 0.918. The van der Waals surface area contributed by atoms with Crippen LogP contribution in [-0.4, -0.2) is 62.1 Å². The van der Waals surface area contributed by atoms with Gasteiger partial charge in [0.25, 0.3) is 5.91 Å². The number of benzene rings is 1. The Kier molecular flexibility index (Phi) is 6.46. The van der Waals surface area contributed by atoms with Gasteiger partial charge in [-0.3, -0.25) is 4.79 Å². The molecule has 25 heavy (non-hydrogen) atoms. The molecule has 0 spiro atoms. The summed E-state index contributed by atoms with van der Waals surface area (Å²) >= 11 is 0. The lowest BCUT2D eigenvalue weighted by molar-refractivity contribution is 0.0697. The Morgan fingerprint density at radius 1 is 1.08 bits per heavy atom. The number of carbonyl (C=O) groups excluding carboxylic acids is 1. The van der Waals surface area contributed by atoms with Gasteiger partial charge in [0.1, 0.15) is 5.75 Å². The minimum atomic E-state index is -3.20. The highest BCUT2D eigenvalue weighted by Crippen LogP contribution is 2.24. The third kappa shape index (κ3) is 4.52. The Bertz CT molecular complexity index is 723. The molecule has 0 atom stereocenters. The van der Waals surface area contributed by atoms with Gasteiger partial charge in [-0.1, -0.05) is 6.92 Å². The fourth-order valence-corrected chi connectivity index (χ4v) is 4.55. The van der Waals surface area contributed by atoms with E-state index in [0.29, 0.717) is 44.8 Å². The molecular weight excluding hydrogens is 340 g/mol. The predicted octanol–water partition coefficient (Wildman–Crippen LogP) is 2.20. The van der Waals surface area contributed by atoms with Crippen molar-refractivity contribution in [2.24, 2.45) is 0 Å². The molecule has 1 fully saturated rings. The van der Waals surface area contributed by atoms with E-state index in [1.807, 2.05) is 39.8 Å². The first-order chi connectivity index (χ1) is 11.8. The molecule has 0 N–H and O–H groups in total. The molecule has 1 aliphatic rings. The smallest absolute Gasteiger partial charge is 0.254 e. The molecule has 0 radical (unpaired) electrons. The first kappa shape index (κ1) is 19.7. The van der Waals surface area contributed by atoms with Crippen LogP contribution in [0.25, 0.3) is 0 Å². The predicted molar refractivity (Wildman–Crippen MR) is 98.6 cm³/mol. The van der Waals surface area contributed by atoms with Crippen molar-refractivity contribution in [1.29, 1.82) is 0 Å². The highest BCUT2D eigenvalue weighted by Gasteiger charge is 2.29. The first-order valence-electron chi connectivity index (χ1n) is 8.81. The molecule has 1 saturated heterocycles. The zero-order chi connectivity index (χ0) is 18.6. The number of piperazine rings is 1. The third-order valence-corrected chi connectivity index (χ3v) is 6.51. The summed E-state index contributed by atoms with van der Waals surface area (Å²) in [7, 11) is -3.20. The van der Waals surface area contributed by atoms with Crippen molar-refractivity contribution in [3.8, 4) is 5.75 Å². The zero-order valence-electron chi connectivity index (χ0n) is 15.5. The Hall–Kier alpha value is -1.60. The first-order valence-corrected chi connectivity index (χ1v) is 10.4. The van der Waals surface area contributed by atoms with Gasteiger partial charge in [-0.25, -0.2) is 8.42 Å². The fraction of sp³-hybridized carbons (Fsp3) is 0.611. The molecule has 0 unspecified atom stereocenters. The summed E-state index contributed by atoms with van der Waals surface area (Å²) in [4.78, 5) is 14.6. The minimum Gasteiger partial charge on any atom is -0.494 e. The van der Waals surface area contributed by atoms with Crippen LogP contribution in [0.4, 0.5) is 0 Å². The van der Waals surface area contributed by atoms with Crippen molar-refractivity contribution < 1.29 is 17.9 Å². The van der Waals surface area contributed by atoms with Crippen LogP contribution >= 0.6 is 0 Å². The van der Waals surface area contributed by atoms with Crippen molar-refractivity contribution in [1.82, 2.24) is 9.21 Å². The molecule has 0 aromatic heterocycles. The Morgan fingerprint density at radius 2 is 1.72 bits per heavy atom. The Morgan fingerprint density at radius 3 is 2.28 bits per heavy atom. The van der Waals surface area contributed by atoms with Crippen molar-refractivity contribution in [2.45, 2.75) is 34.1 Å². The molecule has 1 aromatic carbocycles. The Labute approximate surface area is 150 Å². The van der Waals surface area contributed by atoms with E-state index in [1.54, 1.807) is 4.90 Å².